The van der Waals surface area contributed by atoms with Gasteiger partial charge in [-0.25, -0.2) is 0 Å². The van der Waals surface area contributed by atoms with Crippen LogP contribution in [0.1, 0.15) is 24.8 Å². The van der Waals surface area contributed by atoms with Crippen LogP contribution in [0.5, 0.6) is 0 Å². The number of rotatable bonds is 5. The molecule has 6 heteroatoms. The fourth-order valence-corrected chi connectivity index (χ4v) is 2.79. The largest absolute Gasteiger partial charge is 0.368 e. The summed E-state index contributed by atoms with van der Waals surface area (Å²) in [6.07, 6.45) is 2.06. The van der Waals surface area contributed by atoms with Crippen molar-refractivity contribution in [3.63, 3.8) is 0 Å². The predicted octanol–water partition coefficient (Wildman–Crippen LogP) is 1.93. The van der Waals surface area contributed by atoms with Crippen LogP contribution in [0.4, 0.5) is 5.69 Å². The average Bonchev–Trinajstić information content (AvgIpc) is 2.90. The highest BCUT2D eigenvalue weighted by atomic mass is 35.5. The molecule has 114 valence electrons. The van der Waals surface area contributed by atoms with Gasteiger partial charge < -0.3 is 11.1 Å². The van der Waals surface area contributed by atoms with Crippen LogP contribution in [0.3, 0.4) is 0 Å². The van der Waals surface area contributed by atoms with Gasteiger partial charge >= 0.3 is 0 Å². The van der Waals surface area contributed by atoms with Gasteiger partial charge in [-0.2, -0.15) is 0 Å². The van der Waals surface area contributed by atoms with E-state index in [2.05, 4.69) is 5.32 Å². The highest BCUT2D eigenvalue weighted by Crippen LogP contribution is 2.23. The number of likely N-dealkylation sites (tertiary alicyclic amines) is 1. The van der Waals surface area contributed by atoms with Crippen molar-refractivity contribution in [2.75, 3.05) is 18.4 Å². The summed E-state index contributed by atoms with van der Waals surface area (Å²) < 4.78 is 0. The minimum absolute atomic E-state index is 0.0875. The molecule has 0 unspecified atom stereocenters. The van der Waals surface area contributed by atoms with Crippen LogP contribution in [0.2, 0.25) is 5.02 Å². The topological polar surface area (TPSA) is 75.4 Å². The van der Waals surface area contributed by atoms with Gasteiger partial charge in [0.05, 0.1) is 6.04 Å². The monoisotopic (exact) mass is 309 g/mol. The van der Waals surface area contributed by atoms with Crippen LogP contribution in [-0.4, -0.2) is 35.8 Å². The highest BCUT2D eigenvalue weighted by Gasteiger charge is 2.28. The molecule has 1 aliphatic rings. The number of anilines is 1. The molecule has 0 radical (unpaired) electrons. The Bertz CT molecular complexity index is 548. The second-order valence-corrected chi connectivity index (χ2v) is 5.71. The van der Waals surface area contributed by atoms with Crippen molar-refractivity contribution in [1.82, 2.24) is 4.90 Å². The maximum absolute atomic E-state index is 12.0. The van der Waals surface area contributed by atoms with E-state index in [4.69, 9.17) is 17.3 Å². The summed E-state index contributed by atoms with van der Waals surface area (Å²) in [4.78, 5) is 25.3. The van der Waals surface area contributed by atoms with E-state index in [-0.39, 0.29) is 17.9 Å². The standard InChI is InChI=1S/C15H20ClN3O2/c1-10-11(16)4-2-5-12(10)18-14(20)7-9-19-8-3-6-13(19)15(17)21/h2,4-5,13H,3,6-9H2,1H3,(H2,17,21)(H,18,20)/t13-/m1/s1. The summed E-state index contributed by atoms with van der Waals surface area (Å²) in [5.41, 5.74) is 6.93. The number of halogens is 1. The third-order valence-electron chi connectivity index (χ3n) is 3.86. The smallest absolute Gasteiger partial charge is 0.234 e. The van der Waals surface area contributed by atoms with Gasteiger partial charge in [-0.1, -0.05) is 17.7 Å². The molecule has 0 spiro atoms. The van der Waals surface area contributed by atoms with Gasteiger partial charge in [0.1, 0.15) is 0 Å². The molecule has 21 heavy (non-hydrogen) atoms. The number of nitrogens with two attached hydrogens (primary N) is 1. The van der Waals surface area contributed by atoms with E-state index in [0.29, 0.717) is 18.0 Å². The van der Waals surface area contributed by atoms with E-state index in [1.165, 1.54) is 0 Å². The number of carbonyl (C=O) groups excluding carboxylic acids is 2. The Morgan fingerprint density at radius 3 is 2.95 bits per heavy atom. The Morgan fingerprint density at radius 1 is 1.48 bits per heavy atom. The van der Waals surface area contributed by atoms with Crippen molar-refractivity contribution in [2.24, 2.45) is 5.73 Å². The van der Waals surface area contributed by atoms with E-state index in [0.717, 1.165) is 30.6 Å². The van der Waals surface area contributed by atoms with Gasteiger partial charge in [-0.05, 0) is 44.0 Å². The third-order valence-corrected chi connectivity index (χ3v) is 4.27. The first-order valence-corrected chi connectivity index (χ1v) is 7.45. The molecule has 1 aliphatic heterocycles. The number of primary amides is 1. The van der Waals surface area contributed by atoms with Crippen molar-refractivity contribution < 1.29 is 9.59 Å². The lowest BCUT2D eigenvalue weighted by Gasteiger charge is -2.21. The molecule has 1 atom stereocenters. The molecular formula is C15H20ClN3O2. The van der Waals surface area contributed by atoms with Crippen molar-refractivity contribution in [3.05, 3.63) is 28.8 Å². The van der Waals surface area contributed by atoms with E-state index < -0.39 is 0 Å². The van der Waals surface area contributed by atoms with E-state index in [1.807, 2.05) is 17.9 Å². The summed E-state index contributed by atoms with van der Waals surface area (Å²) >= 11 is 6.02. The molecule has 0 saturated carbocycles. The van der Waals surface area contributed by atoms with Crippen LogP contribution in [0.25, 0.3) is 0 Å². The summed E-state index contributed by atoms with van der Waals surface area (Å²) in [5.74, 6) is -0.394. The molecule has 2 amide bonds. The summed E-state index contributed by atoms with van der Waals surface area (Å²) in [7, 11) is 0. The number of hydrogen-bond acceptors (Lipinski definition) is 3. The molecule has 0 bridgehead atoms. The number of benzene rings is 1. The summed E-state index contributed by atoms with van der Waals surface area (Å²) in [6.45, 7) is 3.22. The minimum Gasteiger partial charge on any atom is -0.368 e. The van der Waals surface area contributed by atoms with Gasteiger partial charge in [0.2, 0.25) is 11.8 Å². The molecule has 1 fully saturated rings. The Kier molecular flexibility index (Phi) is 5.20. The molecule has 3 N–H and O–H groups in total. The van der Waals surface area contributed by atoms with E-state index in [1.54, 1.807) is 12.1 Å². The number of nitrogens with one attached hydrogen (secondary N) is 1. The lowest BCUT2D eigenvalue weighted by atomic mass is 10.2. The van der Waals surface area contributed by atoms with Crippen LogP contribution in [0.15, 0.2) is 18.2 Å². The minimum atomic E-state index is -0.307. The quantitative estimate of drug-likeness (QED) is 0.872. The third kappa shape index (κ3) is 3.95. The summed E-state index contributed by atoms with van der Waals surface area (Å²) in [6, 6.07) is 5.18. The Hall–Kier alpha value is -1.59. The molecule has 2 rings (SSSR count). The van der Waals surface area contributed by atoms with Gasteiger partial charge in [0, 0.05) is 23.7 Å². The van der Waals surface area contributed by atoms with Gasteiger partial charge in [0.25, 0.3) is 0 Å². The number of hydrogen-bond donors (Lipinski definition) is 2. The fourth-order valence-electron chi connectivity index (χ4n) is 2.62. The molecule has 0 aromatic heterocycles. The Balaban J connectivity index is 1.88. The second kappa shape index (κ2) is 6.91. The zero-order valence-corrected chi connectivity index (χ0v) is 12.8. The van der Waals surface area contributed by atoms with Gasteiger partial charge in [-0.3, -0.25) is 14.5 Å². The first-order valence-electron chi connectivity index (χ1n) is 7.07. The van der Waals surface area contributed by atoms with Crippen LogP contribution in [0, 0.1) is 6.92 Å². The van der Waals surface area contributed by atoms with Crippen LogP contribution < -0.4 is 11.1 Å². The van der Waals surface area contributed by atoms with E-state index in [9.17, 15) is 9.59 Å². The van der Waals surface area contributed by atoms with Crippen molar-refractivity contribution in [3.8, 4) is 0 Å². The Labute approximate surface area is 129 Å². The van der Waals surface area contributed by atoms with Crippen molar-refractivity contribution >= 4 is 29.1 Å². The number of carbonyl (C=O) groups is 2. The molecule has 1 aromatic carbocycles. The maximum Gasteiger partial charge on any atom is 0.234 e. The fraction of sp³-hybridized carbons (Fsp3) is 0.467. The lowest BCUT2D eigenvalue weighted by Crippen LogP contribution is -2.41. The van der Waals surface area contributed by atoms with Crippen LogP contribution >= 0.6 is 11.6 Å². The zero-order chi connectivity index (χ0) is 15.4. The van der Waals surface area contributed by atoms with Crippen molar-refractivity contribution in [2.45, 2.75) is 32.2 Å². The zero-order valence-electron chi connectivity index (χ0n) is 12.1. The van der Waals surface area contributed by atoms with E-state index >= 15 is 0 Å². The Morgan fingerprint density at radius 2 is 2.24 bits per heavy atom. The summed E-state index contributed by atoms with van der Waals surface area (Å²) in [5, 5.41) is 3.48. The van der Waals surface area contributed by atoms with Crippen LogP contribution in [-0.2, 0) is 9.59 Å². The number of nitrogens with zero attached hydrogens (tertiary/aromatic N) is 1. The van der Waals surface area contributed by atoms with Crippen molar-refractivity contribution in [1.29, 1.82) is 0 Å². The second-order valence-electron chi connectivity index (χ2n) is 5.31. The normalized spacial score (nSPS) is 18.7. The number of amides is 2. The molecule has 0 aliphatic carbocycles. The molecule has 5 nitrogen and oxygen atoms in total. The molecule has 1 aromatic rings. The predicted molar refractivity (Wildman–Crippen MR) is 83.2 cm³/mol. The first-order chi connectivity index (χ1) is 9.99. The maximum atomic E-state index is 12.0. The molecule has 1 saturated heterocycles. The average molecular weight is 310 g/mol. The molecule has 1 heterocycles. The van der Waals surface area contributed by atoms with Gasteiger partial charge in [0.15, 0.2) is 0 Å². The molecular weight excluding hydrogens is 290 g/mol. The highest BCUT2D eigenvalue weighted by molar-refractivity contribution is 6.31. The van der Waals surface area contributed by atoms with Gasteiger partial charge in [-0.15, -0.1) is 0 Å². The SMILES string of the molecule is Cc1c(Cl)cccc1NC(=O)CCN1CCC[C@@H]1C(N)=O. The lowest BCUT2D eigenvalue weighted by molar-refractivity contribution is -0.123. The first kappa shape index (κ1) is 15.8.